The van der Waals surface area contributed by atoms with Crippen LogP contribution in [-0.2, 0) is 16.6 Å². The Bertz CT molecular complexity index is 610. The van der Waals surface area contributed by atoms with E-state index in [9.17, 15) is 17.9 Å². The van der Waals surface area contributed by atoms with E-state index in [1.165, 1.54) is 10.4 Å². The smallest absolute Gasteiger partial charge is 0.243 e. The normalized spacial score (nSPS) is 17.3. The number of benzene rings is 1. The van der Waals surface area contributed by atoms with Gasteiger partial charge in [-0.2, -0.15) is 4.31 Å². The van der Waals surface area contributed by atoms with Gasteiger partial charge in [0, 0.05) is 13.1 Å². The van der Waals surface area contributed by atoms with Crippen LogP contribution in [0.5, 0.6) is 0 Å². The number of hydrogen-bond donors (Lipinski definition) is 1. The van der Waals surface area contributed by atoms with E-state index in [0.717, 1.165) is 17.7 Å². The lowest BCUT2D eigenvalue weighted by Gasteiger charge is -2.26. The van der Waals surface area contributed by atoms with Crippen molar-refractivity contribution in [2.75, 3.05) is 13.1 Å². The molecular weight excluding hydrogens is 269 g/mol. The number of halogens is 1. The molecule has 2 rings (SSSR count). The lowest BCUT2D eigenvalue weighted by molar-refractivity contribution is 0.277. The lowest BCUT2D eigenvalue weighted by Crippen LogP contribution is -2.36. The van der Waals surface area contributed by atoms with Gasteiger partial charge >= 0.3 is 0 Å². The molecule has 0 bridgehead atoms. The molecule has 0 aliphatic carbocycles. The van der Waals surface area contributed by atoms with Gasteiger partial charge in [0.25, 0.3) is 0 Å². The van der Waals surface area contributed by atoms with E-state index in [-0.39, 0.29) is 10.5 Å². The van der Waals surface area contributed by atoms with Gasteiger partial charge in [-0.1, -0.05) is 17.7 Å². The maximum absolute atomic E-state index is 13.3. The number of aliphatic hydroxyl groups excluding tert-OH is 1. The summed E-state index contributed by atoms with van der Waals surface area (Å²) in [6, 6.07) is 3.41. The van der Waals surface area contributed by atoms with Crippen molar-refractivity contribution in [3.8, 4) is 0 Å². The van der Waals surface area contributed by atoms with Gasteiger partial charge in [-0.15, -0.1) is 0 Å². The van der Waals surface area contributed by atoms with Crippen molar-refractivity contribution in [2.24, 2.45) is 0 Å². The summed E-state index contributed by atoms with van der Waals surface area (Å²) in [5.41, 5.74) is 1.19. The Labute approximate surface area is 112 Å². The van der Waals surface area contributed by atoms with Gasteiger partial charge in [0.2, 0.25) is 10.0 Å². The molecule has 0 fully saturated rings. The molecule has 1 aromatic carbocycles. The van der Waals surface area contributed by atoms with Crippen molar-refractivity contribution in [2.45, 2.75) is 24.8 Å². The first-order valence-electron chi connectivity index (χ1n) is 6.00. The minimum Gasteiger partial charge on any atom is -0.392 e. The molecule has 1 aromatic rings. The molecule has 0 atom stereocenters. The summed E-state index contributed by atoms with van der Waals surface area (Å²) in [5, 5.41) is 9.21. The van der Waals surface area contributed by atoms with Crippen molar-refractivity contribution in [3.05, 3.63) is 41.2 Å². The van der Waals surface area contributed by atoms with Gasteiger partial charge in [0.1, 0.15) is 5.82 Å². The fourth-order valence-corrected chi connectivity index (χ4v) is 3.84. The van der Waals surface area contributed by atoms with E-state index in [0.29, 0.717) is 19.5 Å². The summed E-state index contributed by atoms with van der Waals surface area (Å²) in [4.78, 5) is -0.148. The molecule has 0 aromatic heterocycles. The minimum absolute atomic E-state index is 0.148. The van der Waals surface area contributed by atoms with E-state index < -0.39 is 22.4 Å². The molecule has 4 nitrogen and oxygen atoms in total. The van der Waals surface area contributed by atoms with Crippen LogP contribution in [0.15, 0.2) is 34.7 Å². The van der Waals surface area contributed by atoms with Crippen molar-refractivity contribution >= 4 is 10.0 Å². The highest BCUT2D eigenvalue weighted by atomic mass is 32.2. The minimum atomic E-state index is -3.77. The predicted molar refractivity (Wildman–Crippen MR) is 69.5 cm³/mol. The maximum atomic E-state index is 13.3. The fraction of sp³-hybridized carbons (Fsp3) is 0.385. The molecule has 0 amide bonds. The fourth-order valence-electron chi connectivity index (χ4n) is 2.12. The first kappa shape index (κ1) is 14.2. The molecule has 6 heteroatoms. The molecule has 19 heavy (non-hydrogen) atoms. The average molecular weight is 285 g/mol. The third-order valence-corrected chi connectivity index (χ3v) is 5.04. The Morgan fingerprint density at radius 2 is 2.16 bits per heavy atom. The van der Waals surface area contributed by atoms with Crippen LogP contribution in [0.2, 0.25) is 0 Å². The predicted octanol–water partition coefficient (Wildman–Crippen LogP) is 1.66. The standard InChI is InChI=1S/C13H16FNO3S/c1-10-3-2-6-15(8-10)19(17,18)13-7-12(14)5-4-11(13)9-16/h3-5,7,16H,2,6,8-9H2,1H3. The Morgan fingerprint density at radius 1 is 1.42 bits per heavy atom. The molecule has 0 spiro atoms. The molecule has 0 radical (unpaired) electrons. The van der Waals surface area contributed by atoms with E-state index in [1.54, 1.807) is 0 Å². The molecule has 1 aliphatic rings. The van der Waals surface area contributed by atoms with Gasteiger partial charge in [0.15, 0.2) is 0 Å². The van der Waals surface area contributed by atoms with Gasteiger partial charge in [0.05, 0.1) is 11.5 Å². The average Bonchev–Trinajstić information content (AvgIpc) is 2.38. The Morgan fingerprint density at radius 3 is 2.79 bits per heavy atom. The molecule has 0 unspecified atom stereocenters. The summed E-state index contributed by atoms with van der Waals surface area (Å²) in [7, 11) is -3.77. The topological polar surface area (TPSA) is 57.6 Å². The monoisotopic (exact) mass is 285 g/mol. The summed E-state index contributed by atoms with van der Waals surface area (Å²) in [6.07, 6.45) is 2.64. The van der Waals surface area contributed by atoms with Gasteiger partial charge in [-0.05, 0) is 31.0 Å². The van der Waals surface area contributed by atoms with Gasteiger partial charge in [-0.25, -0.2) is 12.8 Å². The van der Waals surface area contributed by atoms with Crippen molar-refractivity contribution in [3.63, 3.8) is 0 Å². The number of aliphatic hydroxyl groups is 1. The highest BCUT2D eigenvalue weighted by Gasteiger charge is 2.28. The quantitative estimate of drug-likeness (QED) is 0.859. The third kappa shape index (κ3) is 2.86. The number of hydrogen-bond acceptors (Lipinski definition) is 3. The molecular formula is C13H16FNO3S. The highest BCUT2D eigenvalue weighted by Crippen LogP contribution is 2.24. The second-order valence-electron chi connectivity index (χ2n) is 4.59. The molecule has 0 saturated carbocycles. The van der Waals surface area contributed by atoms with Crippen LogP contribution >= 0.6 is 0 Å². The van der Waals surface area contributed by atoms with E-state index >= 15 is 0 Å². The molecule has 104 valence electrons. The van der Waals surface area contributed by atoms with Crippen LogP contribution in [0, 0.1) is 5.82 Å². The first-order valence-corrected chi connectivity index (χ1v) is 7.44. The number of rotatable bonds is 3. The molecule has 0 saturated heterocycles. The zero-order chi connectivity index (χ0) is 14.0. The SMILES string of the molecule is CC1=CCCN(S(=O)(=O)c2cc(F)ccc2CO)C1. The first-order chi connectivity index (χ1) is 8.95. The zero-order valence-corrected chi connectivity index (χ0v) is 11.5. The molecule has 1 aliphatic heterocycles. The number of nitrogens with zero attached hydrogens (tertiary/aromatic N) is 1. The summed E-state index contributed by atoms with van der Waals surface area (Å²) < 4.78 is 39.6. The van der Waals surface area contributed by atoms with Crippen LogP contribution in [0.1, 0.15) is 18.9 Å². The number of sulfonamides is 1. The van der Waals surface area contributed by atoms with Crippen molar-refractivity contribution < 1.29 is 17.9 Å². The second-order valence-corrected chi connectivity index (χ2v) is 6.49. The van der Waals surface area contributed by atoms with Crippen molar-refractivity contribution in [1.82, 2.24) is 4.31 Å². The zero-order valence-electron chi connectivity index (χ0n) is 10.6. The lowest BCUT2D eigenvalue weighted by atomic mass is 10.2. The van der Waals surface area contributed by atoms with Gasteiger partial charge in [-0.3, -0.25) is 0 Å². The van der Waals surface area contributed by atoms with Crippen LogP contribution in [-0.4, -0.2) is 30.9 Å². The Balaban J connectivity index is 2.45. The third-order valence-electron chi connectivity index (χ3n) is 3.11. The van der Waals surface area contributed by atoms with Crippen LogP contribution in [0.3, 0.4) is 0 Å². The van der Waals surface area contributed by atoms with E-state index in [4.69, 9.17) is 0 Å². The molecule has 1 N–H and O–H groups in total. The summed E-state index contributed by atoms with van der Waals surface area (Å²) in [6.45, 7) is 2.11. The Kier molecular flexibility index (Phi) is 4.03. The van der Waals surface area contributed by atoms with Crippen molar-refractivity contribution in [1.29, 1.82) is 0 Å². The van der Waals surface area contributed by atoms with E-state index in [2.05, 4.69) is 0 Å². The largest absolute Gasteiger partial charge is 0.392 e. The van der Waals surface area contributed by atoms with Crippen LogP contribution in [0.25, 0.3) is 0 Å². The maximum Gasteiger partial charge on any atom is 0.243 e. The molecule has 1 heterocycles. The van der Waals surface area contributed by atoms with E-state index in [1.807, 2.05) is 13.0 Å². The van der Waals surface area contributed by atoms with Crippen LogP contribution in [0.4, 0.5) is 4.39 Å². The van der Waals surface area contributed by atoms with Gasteiger partial charge < -0.3 is 5.11 Å². The summed E-state index contributed by atoms with van der Waals surface area (Å²) in [5.74, 6) is -0.625. The van der Waals surface area contributed by atoms with Crippen LogP contribution < -0.4 is 0 Å². The second kappa shape index (κ2) is 5.40. The highest BCUT2D eigenvalue weighted by molar-refractivity contribution is 7.89. The Hall–Kier alpha value is -1.24. The summed E-state index contributed by atoms with van der Waals surface area (Å²) >= 11 is 0.